The fourth-order valence-electron chi connectivity index (χ4n) is 6.70. The van der Waals surface area contributed by atoms with Gasteiger partial charge in [0.1, 0.15) is 31.3 Å². The van der Waals surface area contributed by atoms with Gasteiger partial charge in [0, 0.05) is 12.3 Å². The normalized spacial score (nSPS) is 13.9. The van der Waals surface area contributed by atoms with Crippen LogP contribution in [0.25, 0.3) is 11.1 Å². The van der Waals surface area contributed by atoms with Gasteiger partial charge in [-0.25, -0.2) is 9.59 Å². The summed E-state index contributed by atoms with van der Waals surface area (Å²) in [6.07, 6.45) is 17.9. The third-order valence-electron chi connectivity index (χ3n) is 10.1. The monoisotopic (exact) mass is 721 g/mol. The van der Waals surface area contributed by atoms with Gasteiger partial charge in [-0.2, -0.15) is 0 Å². The van der Waals surface area contributed by atoms with E-state index in [1.807, 2.05) is 48.5 Å². The minimum absolute atomic E-state index is 0.0849. The second kappa shape index (κ2) is 22.9. The summed E-state index contributed by atoms with van der Waals surface area (Å²) in [5, 5.41) is 12.5. The molecule has 0 heterocycles. The number of fused-ring (bicyclic) bond motifs is 3. The van der Waals surface area contributed by atoms with E-state index in [2.05, 4.69) is 12.2 Å². The number of carbonyl (C=O) groups is 4. The van der Waals surface area contributed by atoms with E-state index in [0.717, 1.165) is 41.5 Å². The first-order chi connectivity index (χ1) is 25.1. The number of amides is 1. The van der Waals surface area contributed by atoms with Crippen molar-refractivity contribution in [2.45, 2.75) is 142 Å². The summed E-state index contributed by atoms with van der Waals surface area (Å²) in [6.45, 7) is 6.23. The van der Waals surface area contributed by atoms with E-state index >= 15 is 0 Å². The van der Waals surface area contributed by atoms with Crippen LogP contribution in [0.1, 0.15) is 147 Å². The highest BCUT2D eigenvalue weighted by molar-refractivity contribution is 5.83. The molecule has 1 amide bonds. The van der Waals surface area contributed by atoms with Crippen LogP contribution < -0.4 is 5.32 Å². The first kappa shape index (κ1) is 42.5. The van der Waals surface area contributed by atoms with E-state index in [1.54, 1.807) is 13.8 Å². The molecule has 2 N–H and O–H groups in total. The van der Waals surface area contributed by atoms with Gasteiger partial charge in [0.05, 0.1) is 0 Å². The Morgan fingerprint density at radius 3 is 1.63 bits per heavy atom. The van der Waals surface area contributed by atoms with Crippen molar-refractivity contribution in [3.8, 4) is 11.1 Å². The molecule has 0 aromatic heterocycles. The molecule has 52 heavy (non-hydrogen) atoms. The number of rotatable bonds is 26. The molecule has 0 spiro atoms. The number of hydrogen-bond acceptors (Lipinski definition) is 7. The van der Waals surface area contributed by atoms with Crippen LogP contribution in [0.15, 0.2) is 48.5 Å². The Labute approximate surface area is 311 Å². The summed E-state index contributed by atoms with van der Waals surface area (Å²) in [5.74, 6) is -3.02. The van der Waals surface area contributed by atoms with Gasteiger partial charge in [0.25, 0.3) is 0 Å². The third kappa shape index (κ3) is 13.9. The standard InChI is InChI=1S/C43H63NO8/c1-5-6-7-8-9-10-11-12-13-14-15-16-17-18-19-28-38(45)51-30-43(4,41(47)48)31-52-40(46)39(32(2)3)44-42(49)50-29-37-35-26-22-20-24-33(35)34-25-21-23-27-36(34)37/h20-27,32,37,39H,5-19,28-31H2,1-4H3,(H,44,49)(H,47,48)/t39-,43?/m0/s1. The Morgan fingerprint density at radius 2 is 1.15 bits per heavy atom. The summed E-state index contributed by atoms with van der Waals surface area (Å²) >= 11 is 0. The molecule has 2 aromatic rings. The fourth-order valence-corrected chi connectivity index (χ4v) is 6.70. The lowest BCUT2D eigenvalue weighted by molar-refractivity contribution is -0.166. The number of benzene rings is 2. The van der Waals surface area contributed by atoms with Gasteiger partial charge < -0.3 is 24.6 Å². The van der Waals surface area contributed by atoms with Gasteiger partial charge in [-0.1, -0.05) is 159 Å². The maximum absolute atomic E-state index is 13.1. The summed E-state index contributed by atoms with van der Waals surface area (Å²) in [5.41, 5.74) is 2.70. The minimum atomic E-state index is -1.65. The summed E-state index contributed by atoms with van der Waals surface area (Å²) < 4.78 is 16.3. The Morgan fingerprint density at radius 1 is 0.692 bits per heavy atom. The number of hydrogen-bond donors (Lipinski definition) is 2. The number of ether oxygens (including phenoxy) is 3. The van der Waals surface area contributed by atoms with Crippen LogP contribution in [0.5, 0.6) is 0 Å². The zero-order valence-corrected chi connectivity index (χ0v) is 32.1. The lowest BCUT2D eigenvalue weighted by atomic mass is 9.93. The van der Waals surface area contributed by atoms with Gasteiger partial charge in [-0.15, -0.1) is 0 Å². The largest absolute Gasteiger partial charge is 0.481 e. The van der Waals surface area contributed by atoms with Crippen molar-refractivity contribution < 1.29 is 38.5 Å². The molecule has 0 bridgehead atoms. The topological polar surface area (TPSA) is 128 Å². The first-order valence-corrected chi connectivity index (χ1v) is 19.7. The number of unbranched alkanes of at least 4 members (excludes halogenated alkanes) is 14. The molecule has 0 radical (unpaired) electrons. The molecule has 1 aliphatic rings. The SMILES string of the molecule is CCCCCCCCCCCCCCCCCC(=O)OCC(C)(COC(=O)[C@@H](NC(=O)OCC1c2ccccc2-c2ccccc21)C(C)C)C(=O)O. The van der Waals surface area contributed by atoms with E-state index in [9.17, 15) is 24.3 Å². The molecule has 0 aliphatic heterocycles. The van der Waals surface area contributed by atoms with Crippen molar-refractivity contribution in [2.75, 3.05) is 19.8 Å². The van der Waals surface area contributed by atoms with Crippen molar-refractivity contribution in [3.63, 3.8) is 0 Å². The molecular formula is C43H63NO8. The molecule has 1 unspecified atom stereocenters. The average molecular weight is 722 g/mol. The zero-order chi connectivity index (χ0) is 37.8. The van der Waals surface area contributed by atoms with Crippen LogP contribution in [0.2, 0.25) is 0 Å². The number of carbonyl (C=O) groups excluding carboxylic acids is 3. The fraction of sp³-hybridized carbons (Fsp3) is 0.628. The molecule has 3 rings (SSSR count). The lowest BCUT2D eigenvalue weighted by Gasteiger charge is -2.26. The molecular weight excluding hydrogens is 658 g/mol. The number of esters is 2. The van der Waals surface area contributed by atoms with Crippen LogP contribution in [0.3, 0.4) is 0 Å². The van der Waals surface area contributed by atoms with Gasteiger partial charge in [-0.05, 0) is 41.5 Å². The van der Waals surface area contributed by atoms with E-state index in [4.69, 9.17) is 14.2 Å². The molecule has 288 valence electrons. The highest BCUT2D eigenvalue weighted by atomic mass is 16.6. The smallest absolute Gasteiger partial charge is 0.407 e. The number of carboxylic acids is 1. The highest BCUT2D eigenvalue weighted by Gasteiger charge is 2.38. The Balaban J connectivity index is 1.32. The second-order valence-corrected chi connectivity index (χ2v) is 15.0. The van der Waals surface area contributed by atoms with Crippen LogP contribution in [0, 0.1) is 11.3 Å². The first-order valence-electron chi connectivity index (χ1n) is 19.7. The Kier molecular flexibility index (Phi) is 18.8. The predicted molar refractivity (Wildman–Crippen MR) is 204 cm³/mol. The molecule has 9 nitrogen and oxygen atoms in total. The summed E-state index contributed by atoms with van der Waals surface area (Å²) in [7, 11) is 0. The molecule has 0 saturated heterocycles. The predicted octanol–water partition coefficient (Wildman–Crippen LogP) is 9.99. The van der Waals surface area contributed by atoms with Crippen molar-refractivity contribution >= 4 is 24.0 Å². The highest BCUT2D eigenvalue weighted by Crippen LogP contribution is 2.44. The molecule has 0 fully saturated rings. The molecule has 2 atom stereocenters. The Bertz CT molecular complexity index is 1360. The van der Waals surface area contributed by atoms with Crippen molar-refractivity contribution in [2.24, 2.45) is 11.3 Å². The molecule has 9 heteroatoms. The van der Waals surface area contributed by atoms with Crippen molar-refractivity contribution in [1.29, 1.82) is 0 Å². The second-order valence-electron chi connectivity index (χ2n) is 15.0. The van der Waals surface area contributed by atoms with E-state index < -0.39 is 48.7 Å². The number of aliphatic carboxylic acids is 1. The minimum Gasteiger partial charge on any atom is -0.481 e. The van der Waals surface area contributed by atoms with Crippen LogP contribution >= 0.6 is 0 Å². The molecule has 2 aromatic carbocycles. The number of nitrogens with one attached hydrogen (secondary N) is 1. The van der Waals surface area contributed by atoms with E-state index in [-0.39, 0.29) is 24.9 Å². The maximum atomic E-state index is 13.1. The van der Waals surface area contributed by atoms with E-state index in [0.29, 0.717) is 6.42 Å². The lowest BCUT2D eigenvalue weighted by Crippen LogP contribution is -2.47. The maximum Gasteiger partial charge on any atom is 0.407 e. The quantitative estimate of drug-likeness (QED) is 0.0558. The van der Waals surface area contributed by atoms with Gasteiger partial charge >= 0.3 is 24.0 Å². The van der Waals surface area contributed by atoms with Crippen LogP contribution in [0.4, 0.5) is 4.79 Å². The molecule has 0 saturated carbocycles. The van der Waals surface area contributed by atoms with Gasteiger partial charge in [0.15, 0.2) is 0 Å². The van der Waals surface area contributed by atoms with Crippen LogP contribution in [-0.2, 0) is 28.6 Å². The van der Waals surface area contributed by atoms with Crippen molar-refractivity contribution in [1.82, 2.24) is 5.32 Å². The Hall–Kier alpha value is -3.88. The number of carboxylic acid groups (broad SMARTS) is 1. The average Bonchev–Trinajstić information content (AvgIpc) is 3.45. The summed E-state index contributed by atoms with van der Waals surface area (Å²) in [6, 6.07) is 14.9. The zero-order valence-electron chi connectivity index (χ0n) is 32.1. The molecule has 1 aliphatic carbocycles. The van der Waals surface area contributed by atoms with E-state index in [1.165, 1.54) is 77.6 Å². The van der Waals surface area contributed by atoms with Crippen molar-refractivity contribution in [3.05, 3.63) is 59.7 Å². The summed E-state index contributed by atoms with van der Waals surface area (Å²) in [4.78, 5) is 50.5. The van der Waals surface area contributed by atoms with Gasteiger partial charge in [-0.3, -0.25) is 9.59 Å². The number of alkyl carbamates (subject to hydrolysis) is 1. The van der Waals surface area contributed by atoms with Crippen LogP contribution in [-0.4, -0.2) is 55.0 Å². The van der Waals surface area contributed by atoms with Gasteiger partial charge in [0.2, 0.25) is 0 Å². The third-order valence-corrected chi connectivity index (χ3v) is 10.1.